The average molecular weight is 190 g/mol. The number of hydrogen-bond donors (Lipinski definition) is 0. The SMILES string of the molecule is CCCCCC1CCC(F)(F)CC1. The van der Waals surface area contributed by atoms with Gasteiger partial charge in [-0.05, 0) is 18.8 Å². The van der Waals surface area contributed by atoms with E-state index in [1.54, 1.807) is 0 Å². The minimum atomic E-state index is -2.35. The Morgan fingerprint density at radius 3 is 2.31 bits per heavy atom. The summed E-state index contributed by atoms with van der Waals surface area (Å²) in [5.74, 6) is -1.76. The van der Waals surface area contributed by atoms with E-state index >= 15 is 0 Å². The van der Waals surface area contributed by atoms with E-state index in [2.05, 4.69) is 6.92 Å². The second kappa shape index (κ2) is 4.92. The predicted molar refractivity (Wildman–Crippen MR) is 51.0 cm³/mol. The molecule has 0 N–H and O–H groups in total. The number of halogens is 2. The maximum atomic E-state index is 12.8. The molecular formula is C11H20F2. The highest BCUT2D eigenvalue weighted by Crippen LogP contribution is 2.37. The van der Waals surface area contributed by atoms with Gasteiger partial charge in [-0.25, -0.2) is 8.78 Å². The molecule has 0 amide bonds. The van der Waals surface area contributed by atoms with Gasteiger partial charge >= 0.3 is 0 Å². The summed E-state index contributed by atoms with van der Waals surface area (Å²) in [4.78, 5) is 0. The maximum absolute atomic E-state index is 12.8. The lowest BCUT2D eigenvalue weighted by atomic mass is 9.84. The molecular weight excluding hydrogens is 170 g/mol. The third-order valence-corrected chi connectivity index (χ3v) is 3.05. The van der Waals surface area contributed by atoms with Gasteiger partial charge in [-0.15, -0.1) is 0 Å². The van der Waals surface area contributed by atoms with E-state index in [4.69, 9.17) is 0 Å². The molecule has 0 aromatic carbocycles. The largest absolute Gasteiger partial charge is 0.248 e. The third kappa shape index (κ3) is 4.06. The second-order valence-corrected chi connectivity index (χ2v) is 4.30. The van der Waals surface area contributed by atoms with Gasteiger partial charge in [-0.1, -0.05) is 32.6 Å². The number of alkyl halides is 2. The zero-order valence-electron chi connectivity index (χ0n) is 8.49. The Morgan fingerprint density at radius 1 is 1.15 bits per heavy atom. The van der Waals surface area contributed by atoms with Crippen molar-refractivity contribution in [1.29, 1.82) is 0 Å². The molecule has 1 saturated carbocycles. The zero-order chi connectivity index (χ0) is 9.73. The molecule has 1 aliphatic carbocycles. The lowest BCUT2D eigenvalue weighted by molar-refractivity contribution is -0.0466. The monoisotopic (exact) mass is 190 g/mol. The smallest absolute Gasteiger partial charge is 0.207 e. The first-order valence-corrected chi connectivity index (χ1v) is 5.52. The summed E-state index contributed by atoms with van der Waals surface area (Å²) >= 11 is 0. The van der Waals surface area contributed by atoms with Crippen molar-refractivity contribution in [2.24, 2.45) is 5.92 Å². The lowest BCUT2D eigenvalue weighted by Crippen LogP contribution is -2.24. The van der Waals surface area contributed by atoms with Crippen LogP contribution in [0.15, 0.2) is 0 Å². The normalized spacial score (nSPS) is 23.3. The maximum Gasteiger partial charge on any atom is 0.248 e. The van der Waals surface area contributed by atoms with Crippen molar-refractivity contribution in [1.82, 2.24) is 0 Å². The van der Waals surface area contributed by atoms with E-state index < -0.39 is 5.92 Å². The van der Waals surface area contributed by atoms with Crippen molar-refractivity contribution in [2.75, 3.05) is 0 Å². The van der Waals surface area contributed by atoms with Crippen molar-refractivity contribution in [3.63, 3.8) is 0 Å². The molecule has 0 aliphatic heterocycles. The molecule has 0 saturated heterocycles. The molecule has 0 aromatic heterocycles. The van der Waals surface area contributed by atoms with E-state index in [0.717, 1.165) is 12.8 Å². The minimum absolute atomic E-state index is 0.129. The molecule has 0 nitrogen and oxygen atoms in total. The van der Waals surface area contributed by atoms with Gasteiger partial charge in [0, 0.05) is 12.8 Å². The summed E-state index contributed by atoms with van der Waals surface area (Å²) in [5.41, 5.74) is 0. The predicted octanol–water partition coefficient (Wildman–Crippen LogP) is 4.39. The Labute approximate surface area is 79.7 Å². The van der Waals surface area contributed by atoms with Crippen LogP contribution >= 0.6 is 0 Å². The minimum Gasteiger partial charge on any atom is -0.207 e. The highest BCUT2D eigenvalue weighted by atomic mass is 19.3. The molecule has 1 aliphatic rings. The van der Waals surface area contributed by atoms with Gasteiger partial charge in [-0.2, -0.15) is 0 Å². The van der Waals surface area contributed by atoms with Gasteiger partial charge in [0.05, 0.1) is 0 Å². The highest BCUT2D eigenvalue weighted by Gasteiger charge is 2.34. The van der Waals surface area contributed by atoms with E-state index in [0.29, 0.717) is 5.92 Å². The average Bonchev–Trinajstić information content (AvgIpc) is 2.08. The van der Waals surface area contributed by atoms with Crippen molar-refractivity contribution in [3.05, 3.63) is 0 Å². The quantitative estimate of drug-likeness (QED) is 0.577. The summed E-state index contributed by atoms with van der Waals surface area (Å²) in [5, 5.41) is 0. The number of rotatable bonds is 4. The van der Waals surface area contributed by atoms with Crippen molar-refractivity contribution >= 4 is 0 Å². The zero-order valence-corrected chi connectivity index (χ0v) is 8.49. The Bertz CT molecular complexity index is 133. The van der Waals surface area contributed by atoms with Crippen molar-refractivity contribution < 1.29 is 8.78 Å². The van der Waals surface area contributed by atoms with E-state index in [1.807, 2.05) is 0 Å². The fourth-order valence-electron chi connectivity index (χ4n) is 2.07. The first-order valence-electron chi connectivity index (χ1n) is 5.52. The van der Waals surface area contributed by atoms with E-state index in [9.17, 15) is 8.78 Å². The van der Waals surface area contributed by atoms with Gasteiger partial charge in [-0.3, -0.25) is 0 Å². The third-order valence-electron chi connectivity index (χ3n) is 3.05. The van der Waals surface area contributed by atoms with Crippen LogP contribution in [-0.4, -0.2) is 5.92 Å². The molecule has 13 heavy (non-hydrogen) atoms. The summed E-state index contributed by atoms with van der Waals surface area (Å²) in [6, 6.07) is 0. The van der Waals surface area contributed by atoms with Gasteiger partial charge in [0.1, 0.15) is 0 Å². The van der Waals surface area contributed by atoms with Crippen LogP contribution in [0.2, 0.25) is 0 Å². The molecule has 1 rings (SSSR count). The molecule has 0 radical (unpaired) electrons. The Balaban J connectivity index is 2.11. The molecule has 0 atom stereocenters. The number of unbranched alkanes of at least 4 members (excludes halogenated alkanes) is 2. The Morgan fingerprint density at radius 2 is 1.77 bits per heavy atom. The van der Waals surface area contributed by atoms with Crippen LogP contribution in [-0.2, 0) is 0 Å². The molecule has 1 fully saturated rings. The van der Waals surface area contributed by atoms with Gasteiger partial charge in [0.2, 0.25) is 5.92 Å². The van der Waals surface area contributed by atoms with Crippen molar-refractivity contribution in [3.8, 4) is 0 Å². The first kappa shape index (κ1) is 10.9. The van der Waals surface area contributed by atoms with E-state index in [-0.39, 0.29) is 12.8 Å². The molecule has 0 heterocycles. The van der Waals surface area contributed by atoms with Crippen LogP contribution < -0.4 is 0 Å². The van der Waals surface area contributed by atoms with Crippen LogP contribution in [0.25, 0.3) is 0 Å². The van der Waals surface area contributed by atoms with Crippen LogP contribution in [0, 0.1) is 5.92 Å². The Kier molecular flexibility index (Phi) is 4.14. The standard InChI is InChI=1S/C11H20F2/c1-2-3-4-5-10-6-8-11(12,13)9-7-10/h10H,2-9H2,1H3. The van der Waals surface area contributed by atoms with Gasteiger partial charge in [0.25, 0.3) is 0 Å². The summed E-state index contributed by atoms with van der Waals surface area (Å²) < 4.78 is 25.5. The highest BCUT2D eigenvalue weighted by molar-refractivity contribution is 4.77. The van der Waals surface area contributed by atoms with Crippen LogP contribution in [0.1, 0.15) is 58.3 Å². The van der Waals surface area contributed by atoms with Crippen LogP contribution in [0.5, 0.6) is 0 Å². The van der Waals surface area contributed by atoms with E-state index in [1.165, 1.54) is 25.7 Å². The first-order chi connectivity index (χ1) is 6.14. The molecule has 0 bridgehead atoms. The molecule has 0 unspecified atom stereocenters. The fourth-order valence-corrected chi connectivity index (χ4v) is 2.07. The molecule has 2 heteroatoms. The molecule has 0 spiro atoms. The van der Waals surface area contributed by atoms with Crippen molar-refractivity contribution in [2.45, 2.75) is 64.2 Å². The fraction of sp³-hybridized carbons (Fsp3) is 1.00. The summed E-state index contributed by atoms with van der Waals surface area (Å²) in [6.07, 6.45) is 6.63. The topological polar surface area (TPSA) is 0 Å². The van der Waals surface area contributed by atoms with Crippen LogP contribution in [0.3, 0.4) is 0 Å². The Hall–Kier alpha value is -0.140. The number of hydrogen-bond acceptors (Lipinski definition) is 0. The molecule has 78 valence electrons. The van der Waals surface area contributed by atoms with Gasteiger partial charge < -0.3 is 0 Å². The van der Waals surface area contributed by atoms with Crippen LogP contribution in [0.4, 0.5) is 8.78 Å². The molecule has 0 aromatic rings. The lowest BCUT2D eigenvalue weighted by Gasteiger charge is -2.28. The summed E-state index contributed by atoms with van der Waals surface area (Å²) in [7, 11) is 0. The second-order valence-electron chi connectivity index (χ2n) is 4.30. The van der Waals surface area contributed by atoms with Gasteiger partial charge in [0.15, 0.2) is 0 Å². The summed E-state index contributed by atoms with van der Waals surface area (Å²) in [6.45, 7) is 2.18.